The van der Waals surface area contributed by atoms with Crippen molar-refractivity contribution >= 4 is 41.4 Å². The fourth-order valence-electron chi connectivity index (χ4n) is 3.34. The third-order valence-electron chi connectivity index (χ3n) is 5.48. The number of aliphatic carboxylic acids is 1. The number of hydrogen-bond acceptors (Lipinski definition) is 8. The van der Waals surface area contributed by atoms with Crippen molar-refractivity contribution in [1.29, 1.82) is 0 Å². The van der Waals surface area contributed by atoms with E-state index >= 15 is 0 Å². The van der Waals surface area contributed by atoms with E-state index in [1.165, 1.54) is 13.8 Å². The van der Waals surface area contributed by atoms with Gasteiger partial charge in [0.15, 0.2) is 0 Å². The molecule has 0 aromatic rings. The minimum absolute atomic E-state index is 0.0926. The molecule has 1 rings (SSSR count). The van der Waals surface area contributed by atoms with E-state index < -0.39 is 71.6 Å². The maximum atomic E-state index is 12.8. The standard InChI is InChI=1S/C21H35N7O8/c1-10(17(31)27-13(5-7-15(22)29)20(34)26-11(2)21(35)36)25-19(33)14(6-8-16(23)30)28-18(32)12-4-3-9-24-12/h10-14,24H,3-9H2,1-2H3,(H2,22,29)(H2,23,30)(H,25,33)(H,26,34)(H,27,31)(H,28,32)(H,35,36)/t10-,11-,12-,13-,14-/m0/s1. The molecule has 36 heavy (non-hydrogen) atoms. The van der Waals surface area contributed by atoms with Crippen molar-refractivity contribution in [2.24, 2.45) is 11.5 Å². The number of carboxylic acids is 1. The molecule has 202 valence electrons. The number of amides is 6. The van der Waals surface area contributed by atoms with Gasteiger partial charge in [-0.2, -0.15) is 0 Å². The van der Waals surface area contributed by atoms with E-state index in [0.717, 1.165) is 6.42 Å². The average Bonchev–Trinajstić information content (AvgIpc) is 3.33. The second-order valence-corrected chi connectivity index (χ2v) is 8.58. The van der Waals surface area contributed by atoms with Crippen molar-refractivity contribution in [2.45, 2.75) is 82.6 Å². The van der Waals surface area contributed by atoms with Gasteiger partial charge in [0, 0.05) is 12.8 Å². The van der Waals surface area contributed by atoms with E-state index in [1.54, 1.807) is 0 Å². The smallest absolute Gasteiger partial charge is 0.325 e. The zero-order chi connectivity index (χ0) is 27.4. The Bertz CT molecular complexity index is 859. The number of nitrogens with one attached hydrogen (secondary N) is 5. The summed E-state index contributed by atoms with van der Waals surface area (Å²) in [5.74, 6) is -5.55. The molecule has 10 N–H and O–H groups in total. The molecule has 0 saturated carbocycles. The van der Waals surface area contributed by atoms with Crippen LogP contribution in [0.5, 0.6) is 0 Å². The van der Waals surface area contributed by atoms with Crippen molar-refractivity contribution in [3.63, 3.8) is 0 Å². The fraction of sp³-hybridized carbons (Fsp3) is 0.667. The van der Waals surface area contributed by atoms with Gasteiger partial charge in [-0.15, -0.1) is 0 Å². The van der Waals surface area contributed by atoms with Gasteiger partial charge in [-0.25, -0.2) is 0 Å². The fourth-order valence-corrected chi connectivity index (χ4v) is 3.34. The van der Waals surface area contributed by atoms with Crippen LogP contribution in [0.1, 0.15) is 52.4 Å². The summed E-state index contributed by atoms with van der Waals surface area (Å²) in [5, 5.41) is 21.5. The van der Waals surface area contributed by atoms with Crippen LogP contribution in [0.2, 0.25) is 0 Å². The lowest BCUT2D eigenvalue weighted by Gasteiger charge is -2.24. The Hall–Kier alpha value is -3.75. The number of carbonyl (C=O) groups is 7. The summed E-state index contributed by atoms with van der Waals surface area (Å²) in [7, 11) is 0. The lowest BCUT2D eigenvalue weighted by molar-refractivity contribution is -0.142. The summed E-state index contributed by atoms with van der Waals surface area (Å²) in [6.07, 6.45) is 0.634. The summed E-state index contributed by atoms with van der Waals surface area (Å²) >= 11 is 0. The molecular formula is C21H35N7O8. The third-order valence-corrected chi connectivity index (χ3v) is 5.48. The lowest BCUT2D eigenvalue weighted by atomic mass is 10.1. The van der Waals surface area contributed by atoms with Crippen molar-refractivity contribution in [3.8, 4) is 0 Å². The number of carboxylic acid groups (broad SMARTS) is 1. The van der Waals surface area contributed by atoms with Crippen LogP contribution in [0.3, 0.4) is 0 Å². The molecule has 6 amide bonds. The van der Waals surface area contributed by atoms with Crippen molar-refractivity contribution in [1.82, 2.24) is 26.6 Å². The maximum absolute atomic E-state index is 12.8. The van der Waals surface area contributed by atoms with Crippen molar-refractivity contribution < 1.29 is 38.7 Å². The topological polar surface area (TPSA) is 252 Å². The van der Waals surface area contributed by atoms with Gasteiger partial charge in [0.25, 0.3) is 0 Å². The molecule has 15 nitrogen and oxygen atoms in total. The van der Waals surface area contributed by atoms with Crippen LogP contribution in [-0.4, -0.2) is 83.3 Å². The van der Waals surface area contributed by atoms with Gasteiger partial charge >= 0.3 is 5.97 Å². The van der Waals surface area contributed by atoms with Gasteiger partial charge in [0.2, 0.25) is 35.4 Å². The van der Waals surface area contributed by atoms with E-state index in [9.17, 15) is 33.6 Å². The molecule has 1 heterocycles. The first-order valence-corrected chi connectivity index (χ1v) is 11.6. The summed E-state index contributed by atoms with van der Waals surface area (Å²) < 4.78 is 0. The second kappa shape index (κ2) is 14.6. The molecule has 0 aliphatic carbocycles. The van der Waals surface area contributed by atoms with E-state index in [0.29, 0.717) is 13.0 Å². The highest BCUT2D eigenvalue weighted by molar-refractivity contribution is 5.95. The SMILES string of the molecule is C[C@H](NC(=O)[C@H](CCC(N)=O)NC(=O)[C@H](C)NC(=O)[C@H](CCC(N)=O)NC(=O)[C@@H]1CCCN1)C(=O)O. The van der Waals surface area contributed by atoms with Gasteiger partial charge in [-0.1, -0.05) is 0 Å². The highest BCUT2D eigenvalue weighted by atomic mass is 16.4. The maximum Gasteiger partial charge on any atom is 0.325 e. The van der Waals surface area contributed by atoms with Crippen LogP contribution in [0, 0.1) is 0 Å². The summed E-state index contributed by atoms with van der Waals surface area (Å²) in [6.45, 7) is 3.20. The summed E-state index contributed by atoms with van der Waals surface area (Å²) in [6, 6.07) is -5.38. The Balaban J connectivity index is 2.83. The highest BCUT2D eigenvalue weighted by Crippen LogP contribution is 2.07. The number of primary amides is 2. The lowest BCUT2D eigenvalue weighted by Crippen LogP contribution is -2.57. The minimum atomic E-state index is -1.30. The Morgan fingerprint density at radius 3 is 1.75 bits per heavy atom. The largest absolute Gasteiger partial charge is 0.480 e. The van der Waals surface area contributed by atoms with E-state index in [2.05, 4.69) is 26.6 Å². The van der Waals surface area contributed by atoms with Gasteiger partial charge in [-0.3, -0.25) is 33.6 Å². The zero-order valence-corrected chi connectivity index (χ0v) is 20.3. The van der Waals surface area contributed by atoms with Crippen LogP contribution in [0.15, 0.2) is 0 Å². The Labute approximate surface area is 207 Å². The third kappa shape index (κ3) is 10.7. The Kier molecular flexibility index (Phi) is 12.3. The predicted octanol–water partition coefficient (Wildman–Crippen LogP) is -3.67. The van der Waals surface area contributed by atoms with Gasteiger partial charge < -0.3 is 43.2 Å². The second-order valence-electron chi connectivity index (χ2n) is 8.58. The molecule has 5 atom stereocenters. The van der Waals surface area contributed by atoms with Gasteiger partial charge in [-0.05, 0) is 46.1 Å². The number of hydrogen-bond donors (Lipinski definition) is 8. The molecular weight excluding hydrogens is 478 g/mol. The first kappa shape index (κ1) is 30.3. The summed E-state index contributed by atoms with van der Waals surface area (Å²) in [5.41, 5.74) is 10.3. The molecule has 15 heteroatoms. The molecule has 0 unspecified atom stereocenters. The monoisotopic (exact) mass is 513 g/mol. The molecule has 1 saturated heterocycles. The van der Waals surface area contributed by atoms with Crippen LogP contribution in [0.4, 0.5) is 0 Å². The molecule has 0 radical (unpaired) electrons. The quantitative estimate of drug-likeness (QED) is 0.107. The van der Waals surface area contributed by atoms with Gasteiger partial charge in [0.1, 0.15) is 24.2 Å². The minimum Gasteiger partial charge on any atom is -0.480 e. The number of nitrogens with two attached hydrogens (primary N) is 2. The molecule has 0 bridgehead atoms. The molecule has 1 aliphatic rings. The predicted molar refractivity (Wildman–Crippen MR) is 125 cm³/mol. The van der Waals surface area contributed by atoms with Gasteiger partial charge in [0.05, 0.1) is 6.04 Å². The first-order valence-electron chi connectivity index (χ1n) is 11.6. The number of rotatable bonds is 15. The van der Waals surface area contributed by atoms with Crippen LogP contribution in [0.25, 0.3) is 0 Å². The van der Waals surface area contributed by atoms with E-state index in [1.807, 2.05) is 0 Å². The van der Waals surface area contributed by atoms with Crippen LogP contribution >= 0.6 is 0 Å². The van der Waals surface area contributed by atoms with Crippen molar-refractivity contribution in [3.05, 3.63) is 0 Å². The first-order chi connectivity index (χ1) is 16.8. The molecule has 0 spiro atoms. The Morgan fingerprint density at radius 2 is 1.31 bits per heavy atom. The molecule has 0 aromatic heterocycles. The van der Waals surface area contributed by atoms with Crippen LogP contribution in [-0.2, 0) is 33.6 Å². The molecule has 0 aromatic carbocycles. The molecule has 1 aliphatic heterocycles. The normalized spacial score (nSPS) is 18.1. The molecule has 1 fully saturated rings. The average molecular weight is 514 g/mol. The van der Waals surface area contributed by atoms with Crippen LogP contribution < -0.4 is 38.1 Å². The zero-order valence-electron chi connectivity index (χ0n) is 20.3. The summed E-state index contributed by atoms with van der Waals surface area (Å²) in [4.78, 5) is 83.7. The number of carbonyl (C=O) groups excluding carboxylic acids is 6. The Morgan fingerprint density at radius 1 is 0.806 bits per heavy atom. The van der Waals surface area contributed by atoms with Crippen molar-refractivity contribution in [2.75, 3.05) is 6.54 Å². The highest BCUT2D eigenvalue weighted by Gasteiger charge is 2.30. The van der Waals surface area contributed by atoms with E-state index in [-0.39, 0.29) is 25.7 Å². The van der Waals surface area contributed by atoms with E-state index in [4.69, 9.17) is 16.6 Å².